The lowest BCUT2D eigenvalue weighted by atomic mass is 9.82. The quantitative estimate of drug-likeness (QED) is 0.806. The van der Waals surface area contributed by atoms with Gasteiger partial charge < -0.3 is 10.8 Å². The zero-order valence-electron chi connectivity index (χ0n) is 11.0. The van der Waals surface area contributed by atoms with E-state index in [0.29, 0.717) is 12.3 Å². The number of hydrogen-bond donors (Lipinski definition) is 2. The smallest absolute Gasteiger partial charge is 0.123 e. The van der Waals surface area contributed by atoms with Gasteiger partial charge in [-0.3, -0.25) is 0 Å². The van der Waals surface area contributed by atoms with Crippen LogP contribution in [-0.2, 0) is 5.41 Å². The molecule has 0 saturated heterocycles. The average molecular weight is 221 g/mol. The van der Waals surface area contributed by atoms with Gasteiger partial charge in [0.05, 0.1) is 0 Å². The molecule has 1 atom stereocenters. The fourth-order valence-corrected chi connectivity index (χ4v) is 2.05. The summed E-state index contributed by atoms with van der Waals surface area (Å²) in [6.07, 6.45) is 0. The maximum Gasteiger partial charge on any atom is 0.123 e. The van der Waals surface area contributed by atoms with Gasteiger partial charge in [0.2, 0.25) is 0 Å². The van der Waals surface area contributed by atoms with E-state index in [-0.39, 0.29) is 11.3 Å². The number of nitrogens with two attached hydrogens (primary N) is 1. The molecule has 1 unspecified atom stereocenters. The summed E-state index contributed by atoms with van der Waals surface area (Å²) < 4.78 is 0. The lowest BCUT2D eigenvalue weighted by Gasteiger charge is -2.24. The molecule has 2 nitrogen and oxygen atoms in total. The highest BCUT2D eigenvalue weighted by Gasteiger charge is 2.22. The van der Waals surface area contributed by atoms with Crippen molar-refractivity contribution < 1.29 is 5.11 Å². The molecule has 2 heteroatoms. The van der Waals surface area contributed by atoms with Crippen LogP contribution in [0, 0.1) is 6.92 Å². The normalized spacial score (nSPS) is 13.9. The minimum atomic E-state index is -0.0408. The number of benzene rings is 1. The Labute approximate surface area is 98.5 Å². The van der Waals surface area contributed by atoms with Crippen molar-refractivity contribution in [2.75, 3.05) is 6.54 Å². The highest BCUT2D eigenvalue weighted by molar-refractivity contribution is 5.49. The lowest BCUT2D eigenvalue weighted by molar-refractivity contribution is 0.435. The highest BCUT2D eigenvalue weighted by atomic mass is 16.3. The summed E-state index contributed by atoms with van der Waals surface area (Å²) in [6, 6.07) is 4.08. The monoisotopic (exact) mass is 221 g/mol. The number of rotatable bonds is 2. The third-order valence-electron chi connectivity index (χ3n) is 3.09. The summed E-state index contributed by atoms with van der Waals surface area (Å²) in [5.74, 6) is 0.618. The van der Waals surface area contributed by atoms with Gasteiger partial charge in [-0.05, 0) is 35.9 Å². The van der Waals surface area contributed by atoms with Crippen molar-refractivity contribution in [2.24, 2.45) is 5.73 Å². The van der Waals surface area contributed by atoms with Crippen LogP contribution in [0.4, 0.5) is 0 Å². The van der Waals surface area contributed by atoms with Crippen LogP contribution in [0.25, 0.3) is 0 Å². The molecule has 0 aliphatic carbocycles. The molecule has 1 rings (SSSR count). The third kappa shape index (κ3) is 2.38. The molecule has 0 heterocycles. The predicted octanol–water partition coefficient (Wildman–Crippen LogP) is 3.06. The largest absolute Gasteiger partial charge is 0.507 e. The number of aryl methyl sites for hydroxylation is 1. The van der Waals surface area contributed by atoms with Crippen molar-refractivity contribution in [1.82, 2.24) is 0 Å². The van der Waals surface area contributed by atoms with Gasteiger partial charge >= 0.3 is 0 Å². The number of aromatic hydroxyl groups is 1. The molecule has 0 aromatic heterocycles. The van der Waals surface area contributed by atoms with Crippen molar-refractivity contribution in [3.8, 4) is 5.75 Å². The standard InChI is InChI=1S/C14H23NO/c1-9-6-7-11(14(3,4)5)13(16)12(9)10(2)8-15/h6-7,10,16H,8,15H2,1-5H3. The van der Waals surface area contributed by atoms with Crippen LogP contribution in [0.15, 0.2) is 12.1 Å². The van der Waals surface area contributed by atoms with E-state index in [9.17, 15) is 5.11 Å². The molecular weight excluding hydrogens is 198 g/mol. The van der Waals surface area contributed by atoms with Crippen LogP contribution in [-0.4, -0.2) is 11.7 Å². The molecule has 0 saturated carbocycles. The topological polar surface area (TPSA) is 46.2 Å². The zero-order chi connectivity index (χ0) is 12.5. The van der Waals surface area contributed by atoms with E-state index >= 15 is 0 Å². The van der Waals surface area contributed by atoms with E-state index < -0.39 is 0 Å². The minimum Gasteiger partial charge on any atom is -0.507 e. The van der Waals surface area contributed by atoms with Crippen molar-refractivity contribution in [3.63, 3.8) is 0 Å². The Morgan fingerprint density at radius 2 is 1.88 bits per heavy atom. The SMILES string of the molecule is Cc1ccc(C(C)(C)C)c(O)c1C(C)CN. The second-order valence-corrected chi connectivity index (χ2v) is 5.58. The maximum absolute atomic E-state index is 10.4. The Balaban J connectivity index is 3.39. The van der Waals surface area contributed by atoms with Gasteiger partial charge in [0, 0.05) is 5.56 Å². The van der Waals surface area contributed by atoms with Crippen LogP contribution in [0.3, 0.4) is 0 Å². The van der Waals surface area contributed by atoms with Gasteiger partial charge in [0.15, 0.2) is 0 Å². The van der Waals surface area contributed by atoms with Crippen molar-refractivity contribution in [1.29, 1.82) is 0 Å². The highest BCUT2D eigenvalue weighted by Crippen LogP contribution is 2.37. The van der Waals surface area contributed by atoms with Gasteiger partial charge in [0.25, 0.3) is 0 Å². The molecule has 90 valence electrons. The van der Waals surface area contributed by atoms with Crippen LogP contribution >= 0.6 is 0 Å². The summed E-state index contributed by atoms with van der Waals surface area (Å²) in [7, 11) is 0. The molecule has 0 aliphatic heterocycles. The maximum atomic E-state index is 10.4. The Kier molecular flexibility index (Phi) is 3.64. The Morgan fingerprint density at radius 1 is 1.31 bits per heavy atom. The predicted molar refractivity (Wildman–Crippen MR) is 69.0 cm³/mol. The first-order valence-electron chi connectivity index (χ1n) is 5.82. The minimum absolute atomic E-state index is 0.0408. The molecule has 1 aromatic rings. The molecule has 0 amide bonds. The van der Waals surface area contributed by atoms with Gasteiger partial charge in [0.1, 0.15) is 5.75 Å². The van der Waals surface area contributed by atoms with E-state index in [1.807, 2.05) is 13.0 Å². The van der Waals surface area contributed by atoms with Crippen LogP contribution in [0.1, 0.15) is 50.3 Å². The fraction of sp³-hybridized carbons (Fsp3) is 0.571. The van der Waals surface area contributed by atoms with Gasteiger partial charge in [-0.25, -0.2) is 0 Å². The van der Waals surface area contributed by atoms with Crippen LogP contribution in [0.2, 0.25) is 0 Å². The average Bonchev–Trinajstić information content (AvgIpc) is 2.15. The Morgan fingerprint density at radius 3 is 2.31 bits per heavy atom. The first-order valence-corrected chi connectivity index (χ1v) is 5.82. The molecule has 1 aromatic carbocycles. The Hall–Kier alpha value is -1.02. The number of hydrogen-bond acceptors (Lipinski definition) is 2. The van der Waals surface area contributed by atoms with E-state index in [2.05, 4.69) is 33.8 Å². The zero-order valence-corrected chi connectivity index (χ0v) is 11.0. The first-order chi connectivity index (χ1) is 7.29. The van der Waals surface area contributed by atoms with Crippen molar-refractivity contribution >= 4 is 0 Å². The summed E-state index contributed by atoms with van der Waals surface area (Å²) in [5.41, 5.74) is 8.75. The molecule has 0 spiro atoms. The molecular formula is C14H23NO. The molecule has 0 fully saturated rings. The van der Waals surface area contributed by atoms with Gasteiger partial charge in [-0.15, -0.1) is 0 Å². The van der Waals surface area contributed by atoms with E-state index in [1.54, 1.807) is 0 Å². The molecule has 3 N–H and O–H groups in total. The molecule has 16 heavy (non-hydrogen) atoms. The van der Waals surface area contributed by atoms with E-state index in [4.69, 9.17) is 5.73 Å². The van der Waals surface area contributed by atoms with Gasteiger partial charge in [-0.1, -0.05) is 39.8 Å². The number of phenols is 1. The fourth-order valence-electron chi connectivity index (χ4n) is 2.05. The van der Waals surface area contributed by atoms with Crippen molar-refractivity contribution in [2.45, 2.75) is 46.0 Å². The van der Waals surface area contributed by atoms with Crippen LogP contribution < -0.4 is 5.73 Å². The summed E-state index contributed by atoms with van der Waals surface area (Å²) >= 11 is 0. The lowest BCUT2D eigenvalue weighted by Crippen LogP contribution is -2.15. The second-order valence-electron chi connectivity index (χ2n) is 5.58. The second kappa shape index (κ2) is 4.46. The van der Waals surface area contributed by atoms with Crippen molar-refractivity contribution in [3.05, 3.63) is 28.8 Å². The van der Waals surface area contributed by atoms with E-state index in [1.165, 1.54) is 0 Å². The van der Waals surface area contributed by atoms with E-state index in [0.717, 1.165) is 16.7 Å². The number of phenolic OH excluding ortho intramolecular Hbond substituents is 1. The summed E-state index contributed by atoms with van der Waals surface area (Å²) in [6.45, 7) is 10.9. The summed E-state index contributed by atoms with van der Waals surface area (Å²) in [5, 5.41) is 10.4. The van der Waals surface area contributed by atoms with Gasteiger partial charge in [-0.2, -0.15) is 0 Å². The van der Waals surface area contributed by atoms with Crippen LogP contribution in [0.5, 0.6) is 5.75 Å². The molecule has 0 aliphatic rings. The molecule has 0 radical (unpaired) electrons. The molecule has 0 bridgehead atoms. The first kappa shape index (κ1) is 13.0. The third-order valence-corrected chi connectivity index (χ3v) is 3.09. The Bertz CT molecular complexity index is 377. The summed E-state index contributed by atoms with van der Waals surface area (Å²) in [4.78, 5) is 0.